The van der Waals surface area contributed by atoms with Crippen LogP contribution in [0.2, 0.25) is 0 Å². The van der Waals surface area contributed by atoms with Gasteiger partial charge in [-0.1, -0.05) is 24.3 Å². The third-order valence-electron chi connectivity index (χ3n) is 3.61. The standard InChI is InChI=1S/C18H16FN3O2/c1-24-15-4-2-3-13(9-15)17-16(11-21-22-17)18(23)20-10-12-5-7-14(19)8-6-12/h2-9,11H,10H2,1H3,(H,20,23)(H,21,22). The molecular formula is C18H16FN3O2. The van der Waals surface area contributed by atoms with Crippen molar-refractivity contribution in [2.24, 2.45) is 0 Å². The lowest BCUT2D eigenvalue weighted by Crippen LogP contribution is -2.23. The number of nitrogens with one attached hydrogen (secondary N) is 2. The first-order valence-electron chi connectivity index (χ1n) is 7.38. The molecule has 0 unspecified atom stereocenters. The van der Waals surface area contributed by atoms with Crippen LogP contribution in [-0.2, 0) is 6.54 Å². The van der Waals surface area contributed by atoms with E-state index in [1.807, 2.05) is 24.3 Å². The second-order valence-electron chi connectivity index (χ2n) is 5.20. The molecule has 2 aromatic carbocycles. The molecule has 6 heteroatoms. The van der Waals surface area contributed by atoms with Crippen molar-refractivity contribution in [3.63, 3.8) is 0 Å². The van der Waals surface area contributed by atoms with Gasteiger partial charge in [0.2, 0.25) is 0 Å². The molecule has 1 heterocycles. The molecule has 1 aromatic heterocycles. The lowest BCUT2D eigenvalue weighted by Gasteiger charge is -2.07. The van der Waals surface area contributed by atoms with Crippen LogP contribution in [0.1, 0.15) is 15.9 Å². The van der Waals surface area contributed by atoms with E-state index in [0.29, 0.717) is 23.6 Å². The average molecular weight is 325 g/mol. The van der Waals surface area contributed by atoms with Gasteiger partial charge in [-0.25, -0.2) is 4.39 Å². The normalized spacial score (nSPS) is 10.4. The fourth-order valence-corrected chi connectivity index (χ4v) is 2.34. The Morgan fingerprint density at radius 3 is 2.79 bits per heavy atom. The SMILES string of the molecule is COc1cccc(-c2[nH]ncc2C(=O)NCc2ccc(F)cc2)c1. The smallest absolute Gasteiger partial charge is 0.255 e. The third-order valence-corrected chi connectivity index (χ3v) is 3.61. The number of amides is 1. The Hall–Kier alpha value is -3.15. The van der Waals surface area contributed by atoms with Crippen molar-refractivity contribution in [3.8, 4) is 17.0 Å². The van der Waals surface area contributed by atoms with Crippen molar-refractivity contribution in [2.75, 3.05) is 7.11 Å². The summed E-state index contributed by atoms with van der Waals surface area (Å²) in [7, 11) is 1.59. The molecule has 0 spiro atoms. The fourth-order valence-electron chi connectivity index (χ4n) is 2.34. The van der Waals surface area contributed by atoms with E-state index in [0.717, 1.165) is 11.1 Å². The first-order valence-corrected chi connectivity index (χ1v) is 7.38. The largest absolute Gasteiger partial charge is 0.497 e. The number of halogens is 1. The van der Waals surface area contributed by atoms with Crippen LogP contribution in [0.15, 0.2) is 54.7 Å². The molecule has 1 amide bonds. The molecule has 122 valence electrons. The number of methoxy groups -OCH3 is 1. The van der Waals surface area contributed by atoms with E-state index >= 15 is 0 Å². The minimum Gasteiger partial charge on any atom is -0.497 e. The molecule has 5 nitrogen and oxygen atoms in total. The van der Waals surface area contributed by atoms with Crippen molar-refractivity contribution in [1.29, 1.82) is 0 Å². The molecule has 0 aliphatic carbocycles. The minimum absolute atomic E-state index is 0.258. The van der Waals surface area contributed by atoms with Crippen LogP contribution in [-0.4, -0.2) is 23.2 Å². The van der Waals surface area contributed by atoms with E-state index in [1.54, 1.807) is 19.2 Å². The first kappa shape index (κ1) is 15.7. The van der Waals surface area contributed by atoms with Gasteiger partial charge in [-0.15, -0.1) is 0 Å². The van der Waals surface area contributed by atoms with Crippen LogP contribution in [0.4, 0.5) is 4.39 Å². The van der Waals surface area contributed by atoms with Crippen LogP contribution in [0.25, 0.3) is 11.3 Å². The highest BCUT2D eigenvalue weighted by atomic mass is 19.1. The van der Waals surface area contributed by atoms with Crippen LogP contribution in [0.3, 0.4) is 0 Å². The molecular weight excluding hydrogens is 309 g/mol. The number of carbonyl (C=O) groups is 1. The highest BCUT2D eigenvalue weighted by molar-refractivity contribution is 5.99. The second-order valence-corrected chi connectivity index (χ2v) is 5.20. The van der Waals surface area contributed by atoms with Gasteiger partial charge < -0.3 is 10.1 Å². The monoisotopic (exact) mass is 325 g/mol. The Morgan fingerprint density at radius 1 is 1.25 bits per heavy atom. The maximum atomic E-state index is 12.9. The van der Waals surface area contributed by atoms with Crippen molar-refractivity contribution in [3.05, 3.63) is 71.7 Å². The summed E-state index contributed by atoms with van der Waals surface area (Å²) in [6.07, 6.45) is 1.48. The summed E-state index contributed by atoms with van der Waals surface area (Å²) in [6, 6.07) is 13.4. The molecule has 2 N–H and O–H groups in total. The molecule has 0 aliphatic rings. The maximum Gasteiger partial charge on any atom is 0.255 e. The maximum absolute atomic E-state index is 12.9. The number of benzene rings is 2. The Labute approximate surface area is 138 Å². The number of hydrogen-bond donors (Lipinski definition) is 2. The molecule has 0 aliphatic heterocycles. The van der Waals surface area contributed by atoms with Crippen LogP contribution in [0, 0.1) is 5.82 Å². The summed E-state index contributed by atoms with van der Waals surface area (Å²) < 4.78 is 18.1. The van der Waals surface area contributed by atoms with Crippen LogP contribution < -0.4 is 10.1 Å². The van der Waals surface area contributed by atoms with Crippen molar-refractivity contribution in [1.82, 2.24) is 15.5 Å². The lowest BCUT2D eigenvalue weighted by molar-refractivity contribution is 0.0951. The van der Waals surface area contributed by atoms with Crippen molar-refractivity contribution in [2.45, 2.75) is 6.54 Å². The number of rotatable bonds is 5. The molecule has 0 fully saturated rings. The van der Waals surface area contributed by atoms with E-state index in [2.05, 4.69) is 15.5 Å². The van der Waals surface area contributed by atoms with Gasteiger partial charge in [-0.3, -0.25) is 9.89 Å². The zero-order chi connectivity index (χ0) is 16.9. The quantitative estimate of drug-likeness (QED) is 0.757. The van der Waals surface area contributed by atoms with E-state index in [1.165, 1.54) is 18.3 Å². The Morgan fingerprint density at radius 2 is 2.04 bits per heavy atom. The predicted molar refractivity (Wildman–Crippen MR) is 88.1 cm³/mol. The van der Waals surface area contributed by atoms with E-state index in [-0.39, 0.29) is 11.7 Å². The van der Waals surface area contributed by atoms with Crippen LogP contribution in [0.5, 0.6) is 5.75 Å². The van der Waals surface area contributed by atoms with Gasteiger partial charge in [0.25, 0.3) is 5.91 Å². The molecule has 24 heavy (non-hydrogen) atoms. The summed E-state index contributed by atoms with van der Waals surface area (Å²) in [5, 5.41) is 9.62. The molecule has 0 saturated heterocycles. The lowest BCUT2D eigenvalue weighted by atomic mass is 10.1. The second kappa shape index (κ2) is 6.95. The van der Waals surface area contributed by atoms with Gasteiger partial charge in [0.1, 0.15) is 11.6 Å². The summed E-state index contributed by atoms with van der Waals surface area (Å²) in [5.74, 6) is 0.130. The Bertz CT molecular complexity index is 843. The summed E-state index contributed by atoms with van der Waals surface area (Å²) in [5.41, 5.74) is 2.67. The topological polar surface area (TPSA) is 67.0 Å². The van der Waals surface area contributed by atoms with Crippen molar-refractivity contribution >= 4 is 5.91 Å². The summed E-state index contributed by atoms with van der Waals surface area (Å²) in [6.45, 7) is 0.307. The van der Waals surface area contributed by atoms with Gasteiger partial charge in [0, 0.05) is 12.1 Å². The van der Waals surface area contributed by atoms with Gasteiger partial charge in [-0.05, 0) is 29.8 Å². The van der Waals surface area contributed by atoms with Gasteiger partial charge in [-0.2, -0.15) is 5.10 Å². The van der Waals surface area contributed by atoms with Crippen molar-refractivity contribution < 1.29 is 13.9 Å². The molecule has 0 bridgehead atoms. The fraction of sp³-hybridized carbons (Fsp3) is 0.111. The molecule has 0 saturated carbocycles. The first-order chi connectivity index (χ1) is 11.7. The number of aromatic nitrogens is 2. The molecule has 0 atom stereocenters. The number of nitrogens with zero attached hydrogens (tertiary/aromatic N) is 1. The zero-order valence-corrected chi connectivity index (χ0v) is 13.0. The Kier molecular flexibility index (Phi) is 4.56. The molecule has 3 aromatic rings. The van der Waals surface area contributed by atoms with E-state index < -0.39 is 0 Å². The van der Waals surface area contributed by atoms with Gasteiger partial charge >= 0.3 is 0 Å². The van der Waals surface area contributed by atoms with Gasteiger partial charge in [0.05, 0.1) is 24.6 Å². The highest BCUT2D eigenvalue weighted by Crippen LogP contribution is 2.24. The molecule has 0 radical (unpaired) electrons. The molecule has 3 rings (SSSR count). The van der Waals surface area contributed by atoms with Gasteiger partial charge in [0.15, 0.2) is 0 Å². The highest BCUT2D eigenvalue weighted by Gasteiger charge is 2.15. The summed E-state index contributed by atoms with van der Waals surface area (Å²) >= 11 is 0. The van der Waals surface area contributed by atoms with Crippen LogP contribution >= 0.6 is 0 Å². The number of ether oxygens (including phenoxy) is 1. The average Bonchev–Trinajstić information content (AvgIpc) is 3.11. The predicted octanol–water partition coefficient (Wildman–Crippen LogP) is 3.15. The number of aromatic amines is 1. The number of hydrogen-bond acceptors (Lipinski definition) is 3. The Balaban J connectivity index is 1.76. The summed E-state index contributed by atoms with van der Waals surface area (Å²) in [4.78, 5) is 12.4. The van der Waals surface area contributed by atoms with E-state index in [9.17, 15) is 9.18 Å². The van der Waals surface area contributed by atoms with E-state index in [4.69, 9.17) is 4.74 Å². The number of carbonyl (C=O) groups excluding carboxylic acids is 1. The minimum atomic E-state index is -0.305. The number of H-pyrrole nitrogens is 1. The third kappa shape index (κ3) is 3.43. The zero-order valence-electron chi connectivity index (χ0n) is 13.0.